The molecular formula is C26H32N6O5S3. The first-order chi connectivity index (χ1) is 19.5. The molecule has 11 nitrogen and oxygen atoms in total. The average molecular weight is 605 g/mol. The van der Waals surface area contributed by atoms with Crippen LogP contribution in [-0.4, -0.2) is 67.9 Å². The van der Waals surface area contributed by atoms with Crippen LogP contribution < -0.4 is 31.6 Å². The van der Waals surface area contributed by atoms with Crippen LogP contribution in [0.25, 0.3) is 10.3 Å². The molecular weight excluding hydrogens is 573 g/mol. The lowest BCUT2D eigenvalue weighted by Gasteiger charge is -2.34. The van der Waals surface area contributed by atoms with Crippen molar-refractivity contribution < 1.29 is 18.7 Å². The number of morpholine rings is 1. The molecule has 6 atom stereocenters. The maximum Gasteiger partial charge on any atom is 0.225 e. The van der Waals surface area contributed by atoms with Gasteiger partial charge in [-0.3, -0.25) is 25.5 Å². The molecule has 14 heteroatoms. The summed E-state index contributed by atoms with van der Waals surface area (Å²) in [5.74, 6) is 0.254. The Morgan fingerprint density at radius 1 is 1.23 bits per heavy atom. The number of thiazole rings is 1. The molecule has 1 amide bonds. The fourth-order valence-corrected chi connectivity index (χ4v) is 9.07. The lowest BCUT2D eigenvalue weighted by Crippen LogP contribution is -2.53. The number of hydrogen-bond donors (Lipinski definition) is 4. The molecule has 0 saturated carbocycles. The van der Waals surface area contributed by atoms with Crippen LogP contribution in [0.5, 0.6) is 0 Å². The van der Waals surface area contributed by atoms with Crippen molar-refractivity contribution in [3.63, 3.8) is 0 Å². The minimum atomic E-state index is -0.275. The van der Waals surface area contributed by atoms with Gasteiger partial charge in [0.25, 0.3) is 0 Å². The van der Waals surface area contributed by atoms with Crippen LogP contribution >= 0.6 is 34.4 Å². The van der Waals surface area contributed by atoms with E-state index in [0.29, 0.717) is 31.8 Å². The smallest absolute Gasteiger partial charge is 0.225 e. The summed E-state index contributed by atoms with van der Waals surface area (Å²) in [7, 11) is 0. The van der Waals surface area contributed by atoms with Gasteiger partial charge in [-0.25, -0.2) is 4.98 Å². The molecule has 3 aromatic rings. The zero-order valence-corrected chi connectivity index (χ0v) is 24.5. The van der Waals surface area contributed by atoms with Crippen molar-refractivity contribution in [3.05, 3.63) is 44.2 Å². The van der Waals surface area contributed by atoms with Crippen molar-refractivity contribution in [1.82, 2.24) is 26.3 Å². The minimum absolute atomic E-state index is 0.00670. The van der Waals surface area contributed by atoms with Crippen LogP contribution in [0.2, 0.25) is 0 Å². The molecule has 0 aromatic carbocycles. The van der Waals surface area contributed by atoms with Crippen LogP contribution in [-0.2, 0) is 20.7 Å². The van der Waals surface area contributed by atoms with Crippen LogP contribution in [0.4, 0.5) is 5.00 Å². The Morgan fingerprint density at radius 3 is 2.92 bits per heavy atom. The van der Waals surface area contributed by atoms with Crippen molar-refractivity contribution in [3.8, 4) is 0 Å². The van der Waals surface area contributed by atoms with Crippen LogP contribution in [0.3, 0.4) is 0 Å². The van der Waals surface area contributed by atoms with E-state index in [1.807, 2.05) is 12.4 Å². The van der Waals surface area contributed by atoms with E-state index in [-0.39, 0.29) is 46.5 Å². The Hall–Kier alpha value is -2.04. The van der Waals surface area contributed by atoms with Gasteiger partial charge in [0.2, 0.25) is 11.3 Å². The average Bonchev–Trinajstić information content (AvgIpc) is 3.76. The van der Waals surface area contributed by atoms with E-state index in [2.05, 4.69) is 31.2 Å². The number of rotatable bonds is 7. The Kier molecular flexibility index (Phi) is 7.60. The maximum atomic E-state index is 12.9. The molecule has 0 spiro atoms. The largest absolute Gasteiger partial charge is 0.459 e. The molecule has 4 aliphatic rings. The first-order valence-corrected chi connectivity index (χ1v) is 16.3. The second-order valence-corrected chi connectivity index (χ2v) is 13.8. The monoisotopic (exact) mass is 604 g/mol. The summed E-state index contributed by atoms with van der Waals surface area (Å²) < 4.78 is 18.6. The Labute approximate surface area is 243 Å². The molecule has 0 radical (unpaired) electrons. The topological polar surface area (TPSA) is 130 Å². The summed E-state index contributed by atoms with van der Waals surface area (Å²) in [5.41, 5.74) is 4.28. The standard InChI is InChI=1S/C26H32N6O5S3/c1-13(14-6-19(34)27-9-14)37-25-24-16(29-12-38-24)7-18(31-25)30-20-10-28-26(39-20)15-11-36-22-17(33)8-21(40-23(15)22)32-2-4-35-5-3-32/h8,11-14,18,20,25-26,28,30-31H,2-7,9-10H2,1H3,(H,27,34)/t13-,14-,18?,20?,25?,26?/m0/s1. The third-order valence-electron chi connectivity index (χ3n) is 7.92. The number of nitrogens with zero attached hydrogens (tertiary/aromatic N) is 2. The highest BCUT2D eigenvalue weighted by Gasteiger charge is 2.36. The van der Waals surface area contributed by atoms with E-state index in [0.717, 1.165) is 51.9 Å². The summed E-state index contributed by atoms with van der Waals surface area (Å²) in [5, 5.41) is 15.0. The first-order valence-electron chi connectivity index (χ1n) is 13.6. The lowest BCUT2D eigenvalue weighted by atomic mass is 10.0. The minimum Gasteiger partial charge on any atom is -0.459 e. The number of carbonyl (C=O) groups is 1. The first kappa shape index (κ1) is 26.8. The van der Waals surface area contributed by atoms with E-state index in [1.165, 1.54) is 0 Å². The summed E-state index contributed by atoms with van der Waals surface area (Å²) >= 11 is 5.01. The predicted octanol–water partition coefficient (Wildman–Crippen LogP) is 2.11. The number of furan rings is 1. The second-order valence-electron chi connectivity index (χ2n) is 10.6. The molecule has 3 saturated heterocycles. The van der Waals surface area contributed by atoms with E-state index in [4.69, 9.17) is 13.9 Å². The normalized spacial score (nSPS) is 29.6. The third-order valence-corrected chi connectivity index (χ3v) is 11.4. The molecule has 4 N–H and O–H groups in total. The molecule has 4 unspecified atom stereocenters. The molecule has 40 heavy (non-hydrogen) atoms. The quantitative estimate of drug-likeness (QED) is 0.316. The zero-order valence-electron chi connectivity index (χ0n) is 22.0. The lowest BCUT2D eigenvalue weighted by molar-refractivity contribution is -0.120. The number of thioether (sulfide) groups is 1. The van der Waals surface area contributed by atoms with Gasteiger partial charge in [0.05, 0.1) is 68.3 Å². The molecule has 214 valence electrons. The SMILES string of the molecule is C[C@H](OC1NC(NC2CNC(c3coc4c(=O)cc(N5CCOCC5)sc34)S2)Cc2ncsc21)[C@@H]1CNC(=O)C1. The fraction of sp³-hybridized carbons (Fsp3) is 0.577. The van der Waals surface area contributed by atoms with E-state index in [1.54, 1.807) is 46.8 Å². The van der Waals surface area contributed by atoms with Gasteiger partial charge in [0, 0.05) is 56.6 Å². The maximum absolute atomic E-state index is 12.9. The predicted molar refractivity (Wildman–Crippen MR) is 156 cm³/mol. The number of nitrogens with one attached hydrogen (secondary N) is 4. The van der Waals surface area contributed by atoms with Crippen molar-refractivity contribution in [2.45, 2.75) is 49.0 Å². The fourth-order valence-electron chi connectivity index (χ4n) is 5.70. The Balaban J connectivity index is 1.03. The Bertz CT molecular complexity index is 1440. The van der Waals surface area contributed by atoms with Crippen molar-refractivity contribution in [1.29, 1.82) is 0 Å². The zero-order chi connectivity index (χ0) is 27.2. The molecule has 0 bridgehead atoms. The molecule has 4 aliphatic heterocycles. The summed E-state index contributed by atoms with van der Waals surface area (Å²) in [4.78, 5) is 32.5. The van der Waals surface area contributed by atoms with E-state index in [9.17, 15) is 9.59 Å². The molecule has 7 heterocycles. The van der Waals surface area contributed by atoms with Gasteiger partial charge in [0.1, 0.15) is 6.23 Å². The van der Waals surface area contributed by atoms with Gasteiger partial charge in [0.15, 0.2) is 5.58 Å². The van der Waals surface area contributed by atoms with E-state index < -0.39 is 0 Å². The summed E-state index contributed by atoms with van der Waals surface area (Å²) in [6, 6.07) is 1.69. The molecule has 3 fully saturated rings. The number of anilines is 1. The van der Waals surface area contributed by atoms with Crippen LogP contribution in [0.1, 0.15) is 41.1 Å². The Morgan fingerprint density at radius 2 is 2.10 bits per heavy atom. The van der Waals surface area contributed by atoms with Gasteiger partial charge < -0.3 is 24.1 Å². The van der Waals surface area contributed by atoms with Crippen LogP contribution in [0, 0.1) is 5.92 Å². The number of fused-ring (bicyclic) bond motifs is 2. The summed E-state index contributed by atoms with van der Waals surface area (Å²) in [6.07, 6.45) is 2.63. The number of carbonyl (C=O) groups excluding carboxylic acids is 1. The molecule has 0 aliphatic carbocycles. The summed E-state index contributed by atoms with van der Waals surface area (Å²) in [6.45, 7) is 6.37. The van der Waals surface area contributed by atoms with Crippen molar-refractivity contribution in [2.24, 2.45) is 5.92 Å². The number of ether oxygens (including phenoxy) is 2. The van der Waals surface area contributed by atoms with Gasteiger partial charge >= 0.3 is 0 Å². The van der Waals surface area contributed by atoms with Crippen LogP contribution in [0.15, 0.2) is 27.1 Å². The third kappa shape index (κ3) is 5.31. The second kappa shape index (κ2) is 11.3. The van der Waals surface area contributed by atoms with Crippen molar-refractivity contribution >= 4 is 55.6 Å². The van der Waals surface area contributed by atoms with Gasteiger partial charge in [-0.1, -0.05) is 0 Å². The molecule has 7 rings (SSSR count). The highest BCUT2D eigenvalue weighted by atomic mass is 32.2. The van der Waals surface area contributed by atoms with Gasteiger partial charge in [-0.2, -0.15) is 0 Å². The van der Waals surface area contributed by atoms with E-state index >= 15 is 0 Å². The van der Waals surface area contributed by atoms with Gasteiger partial charge in [-0.15, -0.1) is 34.4 Å². The number of hydrogen-bond acceptors (Lipinski definition) is 13. The molecule has 3 aromatic heterocycles. The number of amides is 1. The highest BCUT2D eigenvalue weighted by molar-refractivity contribution is 8.00. The van der Waals surface area contributed by atoms with Crippen molar-refractivity contribution in [2.75, 3.05) is 44.3 Å². The highest BCUT2D eigenvalue weighted by Crippen LogP contribution is 2.41. The number of aromatic nitrogens is 1. The van der Waals surface area contributed by atoms with Gasteiger partial charge in [-0.05, 0) is 6.92 Å².